The van der Waals surface area contributed by atoms with Crippen molar-refractivity contribution in [2.24, 2.45) is 11.8 Å². The highest BCUT2D eigenvalue weighted by molar-refractivity contribution is 5.30. The molecule has 0 amide bonds. The van der Waals surface area contributed by atoms with Crippen LogP contribution in [0.4, 0.5) is 0 Å². The minimum Gasteiger partial charge on any atom is -0.494 e. The van der Waals surface area contributed by atoms with Gasteiger partial charge in [0.25, 0.3) is 0 Å². The number of hydrogen-bond acceptors (Lipinski definition) is 2. The lowest BCUT2D eigenvalue weighted by molar-refractivity contribution is 0.0712. The Morgan fingerprint density at radius 2 is 2.22 bits per heavy atom. The fourth-order valence-corrected chi connectivity index (χ4v) is 2.99. The van der Waals surface area contributed by atoms with Gasteiger partial charge in [-0.15, -0.1) is 0 Å². The monoisotopic (exact) mass is 248 g/mol. The van der Waals surface area contributed by atoms with E-state index < -0.39 is 0 Å². The molecular weight excluding hydrogens is 224 g/mol. The number of aliphatic hydroxyl groups is 1. The molecule has 0 heterocycles. The fraction of sp³-hybridized carbons (Fsp3) is 0.625. The molecule has 0 aromatic heterocycles. The molecule has 3 atom stereocenters. The van der Waals surface area contributed by atoms with Gasteiger partial charge in [0.05, 0.1) is 12.7 Å². The lowest BCUT2D eigenvalue weighted by atomic mass is 9.78. The van der Waals surface area contributed by atoms with Gasteiger partial charge in [0, 0.05) is 0 Å². The molecule has 0 saturated heterocycles. The van der Waals surface area contributed by atoms with Gasteiger partial charge in [0.15, 0.2) is 0 Å². The van der Waals surface area contributed by atoms with E-state index in [4.69, 9.17) is 4.74 Å². The van der Waals surface area contributed by atoms with E-state index >= 15 is 0 Å². The van der Waals surface area contributed by atoms with Gasteiger partial charge in [-0.2, -0.15) is 0 Å². The molecule has 1 saturated carbocycles. The third-order valence-corrected chi connectivity index (χ3v) is 3.93. The molecule has 0 spiro atoms. The molecule has 2 rings (SSSR count). The molecule has 0 radical (unpaired) electrons. The van der Waals surface area contributed by atoms with Crippen molar-refractivity contribution in [3.05, 3.63) is 29.8 Å². The summed E-state index contributed by atoms with van der Waals surface area (Å²) in [5.41, 5.74) is 1.00. The van der Waals surface area contributed by atoms with E-state index in [1.165, 1.54) is 12.8 Å². The fourth-order valence-electron chi connectivity index (χ4n) is 2.99. The predicted octanol–water partition coefficient (Wildman–Crippen LogP) is 3.95. The van der Waals surface area contributed by atoms with Crippen molar-refractivity contribution in [3.63, 3.8) is 0 Å². The maximum absolute atomic E-state index is 10.5. The zero-order valence-electron chi connectivity index (χ0n) is 11.4. The Morgan fingerprint density at radius 1 is 1.39 bits per heavy atom. The maximum Gasteiger partial charge on any atom is 0.119 e. The van der Waals surface area contributed by atoms with Crippen LogP contribution >= 0.6 is 0 Å². The molecule has 0 bridgehead atoms. The Labute approximate surface area is 110 Å². The van der Waals surface area contributed by atoms with Gasteiger partial charge in [-0.1, -0.05) is 31.9 Å². The van der Waals surface area contributed by atoms with Crippen molar-refractivity contribution < 1.29 is 9.84 Å². The number of hydrogen-bond donors (Lipinski definition) is 1. The topological polar surface area (TPSA) is 29.5 Å². The molecule has 3 unspecified atom stereocenters. The van der Waals surface area contributed by atoms with Crippen LogP contribution in [0.2, 0.25) is 0 Å². The predicted molar refractivity (Wildman–Crippen MR) is 73.7 cm³/mol. The summed E-state index contributed by atoms with van der Waals surface area (Å²) in [5.74, 6) is 2.01. The van der Waals surface area contributed by atoms with E-state index in [-0.39, 0.29) is 6.10 Å². The van der Waals surface area contributed by atoms with Crippen molar-refractivity contribution in [1.29, 1.82) is 0 Å². The van der Waals surface area contributed by atoms with Crippen LogP contribution in [0.25, 0.3) is 0 Å². The third kappa shape index (κ3) is 3.26. The second-order valence-corrected chi connectivity index (χ2v) is 5.48. The van der Waals surface area contributed by atoms with E-state index in [1.54, 1.807) is 0 Å². The highest BCUT2D eigenvalue weighted by Gasteiger charge is 2.26. The van der Waals surface area contributed by atoms with Crippen molar-refractivity contribution in [2.75, 3.05) is 6.61 Å². The molecule has 1 aliphatic carbocycles. The average Bonchev–Trinajstić information content (AvgIpc) is 2.39. The lowest BCUT2D eigenvalue weighted by Gasteiger charge is -2.30. The summed E-state index contributed by atoms with van der Waals surface area (Å²) in [6.07, 6.45) is 4.49. The Morgan fingerprint density at radius 3 is 2.94 bits per heavy atom. The maximum atomic E-state index is 10.5. The van der Waals surface area contributed by atoms with Crippen LogP contribution in [0.3, 0.4) is 0 Å². The molecule has 1 N–H and O–H groups in total. The molecule has 18 heavy (non-hydrogen) atoms. The van der Waals surface area contributed by atoms with Crippen LogP contribution in [0.5, 0.6) is 5.75 Å². The quantitative estimate of drug-likeness (QED) is 0.874. The summed E-state index contributed by atoms with van der Waals surface area (Å²) in [6, 6.07) is 7.90. The second kappa shape index (κ2) is 6.24. The van der Waals surface area contributed by atoms with Crippen molar-refractivity contribution in [1.82, 2.24) is 0 Å². The van der Waals surface area contributed by atoms with E-state index in [9.17, 15) is 5.11 Å². The average molecular weight is 248 g/mol. The van der Waals surface area contributed by atoms with E-state index in [1.807, 2.05) is 31.2 Å². The molecule has 1 aromatic rings. The molecule has 100 valence electrons. The number of benzene rings is 1. The molecule has 2 nitrogen and oxygen atoms in total. The smallest absolute Gasteiger partial charge is 0.119 e. The lowest BCUT2D eigenvalue weighted by Crippen LogP contribution is -2.20. The van der Waals surface area contributed by atoms with Crippen molar-refractivity contribution >= 4 is 0 Å². The molecule has 1 aliphatic rings. The van der Waals surface area contributed by atoms with Crippen LogP contribution in [0.1, 0.15) is 51.2 Å². The molecule has 0 aliphatic heterocycles. The van der Waals surface area contributed by atoms with Crippen molar-refractivity contribution in [2.45, 2.75) is 45.6 Å². The van der Waals surface area contributed by atoms with Crippen LogP contribution in [-0.2, 0) is 0 Å². The number of ether oxygens (including phenoxy) is 1. The number of aliphatic hydroxyl groups excluding tert-OH is 1. The first-order valence-electron chi connectivity index (χ1n) is 7.11. The van der Waals surface area contributed by atoms with Gasteiger partial charge >= 0.3 is 0 Å². The molecular formula is C16H24O2. The Kier molecular flexibility index (Phi) is 4.65. The van der Waals surface area contributed by atoms with Gasteiger partial charge in [-0.25, -0.2) is 0 Å². The summed E-state index contributed by atoms with van der Waals surface area (Å²) in [4.78, 5) is 0. The Balaban J connectivity index is 2.07. The van der Waals surface area contributed by atoms with E-state index in [0.717, 1.165) is 30.1 Å². The van der Waals surface area contributed by atoms with Crippen LogP contribution in [0.15, 0.2) is 24.3 Å². The van der Waals surface area contributed by atoms with E-state index in [2.05, 4.69) is 6.92 Å². The van der Waals surface area contributed by atoms with Gasteiger partial charge in [-0.3, -0.25) is 0 Å². The minimum absolute atomic E-state index is 0.340. The minimum atomic E-state index is -0.340. The second-order valence-electron chi connectivity index (χ2n) is 5.48. The first kappa shape index (κ1) is 13.4. The SMILES string of the molecule is CCOc1cccc(C(O)C2CCCC(C)C2)c1. The largest absolute Gasteiger partial charge is 0.494 e. The summed E-state index contributed by atoms with van der Waals surface area (Å²) in [7, 11) is 0. The molecule has 2 heteroatoms. The first-order chi connectivity index (χ1) is 8.70. The van der Waals surface area contributed by atoms with Gasteiger partial charge in [0.1, 0.15) is 5.75 Å². The van der Waals surface area contributed by atoms with Gasteiger partial charge in [0.2, 0.25) is 0 Å². The van der Waals surface area contributed by atoms with Crippen LogP contribution in [0, 0.1) is 11.8 Å². The first-order valence-corrected chi connectivity index (χ1v) is 7.11. The standard InChI is InChI=1S/C16H24O2/c1-3-18-15-9-5-8-14(11-15)16(17)13-7-4-6-12(2)10-13/h5,8-9,11-13,16-17H,3-4,6-7,10H2,1-2H3. The molecule has 1 fully saturated rings. The van der Waals surface area contributed by atoms with E-state index in [0.29, 0.717) is 12.5 Å². The Hall–Kier alpha value is -1.02. The van der Waals surface area contributed by atoms with Gasteiger partial charge < -0.3 is 9.84 Å². The summed E-state index contributed by atoms with van der Waals surface area (Å²) < 4.78 is 5.49. The van der Waals surface area contributed by atoms with Crippen LogP contribution < -0.4 is 4.74 Å². The normalized spacial score (nSPS) is 25.7. The summed E-state index contributed by atoms with van der Waals surface area (Å²) in [5, 5.41) is 10.5. The highest BCUT2D eigenvalue weighted by Crippen LogP contribution is 2.37. The summed E-state index contributed by atoms with van der Waals surface area (Å²) in [6.45, 7) is 4.93. The summed E-state index contributed by atoms with van der Waals surface area (Å²) >= 11 is 0. The zero-order chi connectivity index (χ0) is 13.0. The van der Waals surface area contributed by atoms with Crippen LogP contribution in [-0.4, -0.2) is 11.7 Å². The molecule has 1 aromatic carbocycles. The Bertz CT molecular complexity index is 375. The zero-order valence-corrected chi connectivity index (χ0v) is 11.4. The number of rotatable bonds is 4. The van der Waals surface area contributed by atoms with Crippen molar-refractivity contribution in [3.8, 4) is 5.75 Å². The van der Waals surface area contributed by atoms with Gasteiger partial charge in [-0.05, 0) is 49.3 Å². The highest BCUT2D eigenvalue weighted by atomic mass is 16.5. The third-order valence-electron chi connectivity index (χ3n) is 3.93.